The number of hydrogen-bond donors (Lipinski definition) is 0. The van der Waals surface area contributed by atoms with Crippen molar-refractivity contribution in [3.8, 4) is 44.8 Å². The second-order valence-electron chi connectivity index (χ2n) is 13.1. The van der Waals surface area contributed by atoms with Crippen molar-refractivity contribution in [2.75, 3.05) is 0 Å². The zero-order valence-electron chi connectivity index (χ0n) is 52.2. The van der Waals surface area contributed by atoms with Crippen molar-refractivity contribution in [3.05, 3.63) is 206 Å². The van der Waals surface area contributed by atoms with Crippen LogP contribution >= 0.6 is 0 Å². The van der Waals surface area contributed by atoms with Crippen LogP contribution in [0.2, 0.25) is 0 Å². The molecule has 57 heavy (non-hydrogen) atoms. The zero-order chi connectivity index (χ0) is 57.5. The van der Waals surface area contributed by atoms with E-state index in [1.807, 2.05) is 0 Å². The molecule has 12 aromatic rings. The molecule has 266 valence electrons. The van der Waals surface area contributed by atoms with Gasteiger partial charge in [-0.3, -0.25) is 0 Å². The first kappa shape index (κ1) is 16.6. The van der Waals surface area contributed by atoms with Crippen molar-refractivity contribution < 1.29 is 35.9 Å². The molecule has 12 rings (SSSR count). The molecule has 0 spiro atoms. The van der Waals surface area contributed by atoms with Crippen molar-refractivity contribution in [2.45, 2.75) is 0 Å². The minimum atomic E-state index is -0.813. The van der Waals surface area contributed by atoms with Crippen molar-refractivity contribution in [1.82, 2.24) is 9.13 Å². The van der Waals surface area contributed by atoms with Gasteiger partial charge in [-0.05, 0) is 118 Å². The number of para-hydroxylation sites is 3. The van der Waals surface area contributed by atoms with Crippen LogP contribution in [-0.4, -0.2) is 9.13 Å². The molecule has 0 amide bonds. The van der Waals surface area contributed by atoms with Crippen molar-refractivity contribution in [3.63, 3.8) is 0 Å². The number of benzene rings is 9. The van der Waals surface area contributed by atoms with Crippen LogP contribution < -0.4 is 0 Å². The Hall–Kier alpha value is -7.62. The van der Waals surface area contributed by atoms with Gasteiger partial charge in [0, 0.05) is 43.7 Å². The van der Waals surface area contributed by atoms with Gasteiger partial charge in [0.05, 0.1) is 53.6 Å². The van der Waals surface area contributed by atoms with Gasteiger partial charge in [0.15, 0.2) is 0 Å². The van der Waals surface area contributed by atoms with Gasteiger partial charge in [0.1, 0.15) is 11.2 Å². The quantitative estimate of drug-likeness (QED) is 0.172. The fourth-order valence-corrected chi connectivity index (χ4v) is 7.28. The number of rotatable bonds is 5. The fourth-order valence-electron chi connectivity index (χ4n) is 7.28. The molecule has 0 N–H and O–H groups in total. The Kier molecular flexibility index (Phi) is 3.63. The third-order valence-electron chi connectivity index (χ3n) is 9.81. The van der Waals surface area contributed by atoms with Gasteiger partial charge in [-0.25, -0.2) is 0 Å². The first-order valence-corrected chi connectivity index (χ1v) is 17.6. The number of aromatic nitrogens is 2. The molecule has 3 nitrogen and oxygen atoms in total. The molecule has 0 radical (unpaired) electrons. The Bertz CT molecular complexity index is 4870. The van der Waals surface area contributed by atoms with E-state index >= 15 is 0 Å². The van der Waals surface area contributed by atoms with Crippen LogP contribution in [0.15, 0.2) is 210 Å². The van der Waals surface area contributed by atoms with Crippen molar-refractivity contribution >= 4 is 65.6 Å². The topological polar surface area (TPSA) is 23.0 Å². The zero-order valence-corrected chi connectivity index (χ0v) is 29.2. The molecular weight excluding hydrogens is 693 g/mol. The maximum absolute atomic E-state index is 9.95. The molecule has 3 aromatic heterocycles. The van der Waals surface area contributed by atoms with E-state index in [-0.39, 0.29) is 112 Å². The normalized spacial score (nSPS) is 17.5. The molecule has 0 aliphatic carbocycles. The lowest BCUT2D eigenvalue weighted by Crippen LogP contribution is -1.93. The van der Waals surface area contributed by atoms with E-state index in [0.29, 0.717) is 5.69 Å². The molecule has 0 saturated heterocycles. The average molecular weight is 750 g/mol. The summed E-state index contributed by atoms with van der Waals surface area (Å²) in [6.07, 6.45) is 0. The first-order chi connectivity index (χ1) is 37.8. The Morgan fingerprint density at radius 2 is 0.965 bits per heavy atom. The van der Waals surface area contributed by atoms with E-state index < -0.39 is 132 Å². The van der Waals surface area contributed by atoms with Gasteiger partial charge in [-0.1, -0.05) is 121 Å². The molecule has 0 aliphatic rings. The number of furan rings is 1. The van der Waals surface area contributed by atoms with Gasteiger partial charge >= 0.3 is 0 Å². The smallest absolute Gasteiger partial charge is 0.135 e. The predicted molar refractivity (Wildman–Crippen MR) is 239 cm³/mol. The van der Waals surface area contributed by atoms with Crippen LogP contribution in [0.3, 0.4) is 0 Å². The fraction of sp³-hybridized carbons (Fsp3) is 0. The maximum Gasteiger partial charge on any atom is 0.135 e. The molecule has 0 atom stereocenters. The number of nitrogens with zero attached hydrogens (tertiary/aromatic N) is 2. The van der Waals surface area contributed by atoms with E-state index in [4.69, 9.17) is 20.9 Å². The van der Waals surface area contributed by atoms with Crippen LogP contribution in [0.1, 0.15) is 31.5 Å². The summed E-state index contributed by atoms with van der Waals surface area (Å²) in [5.74, 6) is 0. The van der Waals surface area contributed by atoms with Crippen LogP contribution in [0.5, 0.6) is 0 Å². The minimum absolute atomic E-state index is 0.105. The third kappa shape index (κ3) is 4.99. The Labute approximate surface area is 361 Å². The number of fused-ring (bicyclic) bond motifs is 9. The Balaban J connectivity index is 1.17. The van der Waals surface area contributed by atoms with Crippen LogP contribution in [0, 0.1) is 0 Å². The van der Waals surface area contributed by atoms with Crippen molar-refractivity contribution in [1.29, 1.82) is 0 Å². The highest BCUT2D eigenvalue weighted by atomic mass is 16.3. The monoisotopic (exact) mass is 749 g/mol. The van der Waals surface area contributed by atoms with Gasteiger partial charge in [0.25, 0.3) is 0 Å². The maximum atomic E-state index is 9.95. The van der Waals surface area contributed by atoms with Gasteiger partial charge in [-0.2, -0.15) is 0 Å². The summed E-state index contributed by atoms with van der Waals surface area (Å²) >= 11 is 0. The Morgan fingerprint density at radius 3 is 1.81 bits per heavy atom. The summed E-state index contributed by atoms with van der Waals surface area (Å²) in [6.45, 7) is 0. The third-order valence-corrected chi connectivity index (χ3v) is 9.81. The largest absolute Gasteiger partial charge is 0.456 e. The SMILES string of the molecule is [2H]c1cc([2H])c([2H])c(-c2c([2H])ccc(-c3c([2H])c([2H])c4oc5c([2H])cc(-n6c7cc([2H])c([2H])c([2H])c7c7c([2H])c(-c8c([2H])c([2H])c9c(c8[2H])c8c([2H])c([2H])c([2H])c([2H])c8n9-c8ccccc8)c([2H])c([2H])c76)c([2H])c5c4c3[2H])c2[2H])c1. The van der Waals surface area contributed by atoms with E-state index in [1.54, 1.807) is 30.3 Å². The summed E-state index contributed by atoms with van der Waals surface area (Å²) in [6, 6.07) is 2.40. The highest BCUT2D eigenvalue weighted by Gasteiger charge is 2.17. The second-order valence-corrected chi connectivity index (χ2v) is 13.1. The van der Waals surface area contributed by atoms with E-state index in [0.717, 1.165) is 22.8 Å². The van der Waals surface area contributed by atoms with Crippen molar-refractivity contribution in [2.24, 2.45) is 0 Å². The lowest BCUT2D eigenvalue weighted by atomic mass is 9.98. The summed E-state index contributed by atoms with van der Waals surface area (Å²) in [7, 11) is 0. The average Bonchev–Trinajstić information content (AvgIpc) is 2.18. The van der Waals surface area contributed by atoms with E-state index in [2.05, 4.69) is 0 Å². The Morgan fingerprint density at radius 1 is 0.316 bits per heavy atom. The minimum Gasteiger partial charge on any atom is -0.456 e. The van der Waals surface area contributed by atoms with Crippen LogP contribution in [0.4, 0.5) is 0 Å². The molecule has 3 heteroatoms. The molecule has 0 unspecified atom stereocenters. The van der Waals surface area contributed by atoms with Gasteiger partial charge < -0.3 is 13.6 Å². The predicted octanol–water partition coefficient (Wildman–Crippen LogP) is 14.8. The van der Waals surface area contributed by atoms with E-state index in [1.165, 1.54) is 22.8 Å². The summed E-state index contributed by atoms with van der Waals surface area (Å²) in [5.41, 5.74) is -3.47. The van der Waals surface area contributed by atoms with Gasteiger partial charge in [-0.15, -0.1) is 0 Å². The molecule has 0 bridgehead atoms. The summed E-state index contributed by atoms with van der Waals surface area (Å²) in [5, 5.41) is -1.59. The molecule has 3 heterocycles. The van der Waals surface area contributed by atoms with Gasteiger partial charge in [0.2, 0.25) is 0 Å². The molecule has 9 aromatic carbocycles. The first-order valence-electron chi connectivity index (χ1n) is 29.1. The van der Waals surface area contributed by atoms with E-state index in [9.17, 15) is 15.1 Å². The number of hydrogen-bond acceptors (Lipinski definition) is 1. The molecule has 0 fully saturated rings. The lowest BCUT2D eigenvalue weighted by molar-refractivity contribution is 0.669. The highest BCUT2D eigenvalue weighted by Crippen LogP contribution is 2.40. The molecule has 0 saturated carbocycles. The van der Waals surface area contributed by atoms with Crippen LogP contribution in [-0.2, 0) is 0 Å². The van der Waals surface area contributed by atoms with Crippen LogP contribution in [0.25, 0.3) is 110 Å². The summed E-state index contributed by atoms with van der Waals surface area (Å²) in [4.78, 5) is 0. The standard InChI is InChI=1S/C54H34N2O/c1-3-12-35(13-4-1)36-14-11-15-37(30-36)40-24-28-53-47(33-40)48-34-42(25-29-54(48)57-53)56-50-21-10-8-19-44(50)46-32-39(23-27-52(46)56)38-22-26-51-45(31-38)43-18-7-9-20-49(43)55(51)41-16-5-2-6-17-41/h1-34H/i3D,4D,7D,8D,9D,10D,12D,14D,18D,19D,20D,22D,23D,24D,26D,27D,28D,29D,30D,31D,32D,33D,34D. The summed E-state index contributed by atoms with van der Waals surface area (Å²) < 4.78 is 219. The highest BCUT2D eigenvalue weighted by molar-refractivity contribution is 6.13. The molecular formula is C54H34N2O. The molecule has 0 aliphatic heterocycles. The lowest BCUT2D eigenvalue weighted by Gasteiger charge is -2.10. The second kappa shape index (κ2) is 12.5.